The van der Waals surface area contributed by atoms with Gasteiger partial charge in [-0.25, -0.2) is 4.79 Å². The molecule has 2 amide bonds. The first-order valence-electron chi connectivity index (χ1n) is 4.86. The minimum atomic E-state index is -4.81. The number of alkyl halides is 3. The van der Waals surface area contributed by atoms with Gasteiger partial charge in [0, 0.05) is 5.56 Å². The number of amides is 2. The number of urea groups is 1. The lowest BCUT2D eigenvalue weighted by molar-refractivity contribution is -0.274. The fraction of sp³-hybridized carbons (Fsp3) is 0.200. The molecule has 0 fully saturated rings. The monoisotopic (exact) mass is 259 g/mol. The van der Waals surface area contributed by atoms with Gasteiger partial charge < -0.3 is 15.8 Å². The van der Waals surface area contributed by atoms with Crippen molar-refractivity contribution in [1.82, 2.24) is 5.32 Å². The third-order valence-electron chi connectivity index (χ3n) is 2.25. The van der Waals surface area contributed by atoms with Crippen LogP contribution in [0, 0.1) is 0 Å². The van der Waals surface area contributed by atoms with E-state index in [4.69, 9.17) is 5.73 Å². The minimum absolute atomic E-state index is 0.0989. The number of amidine groups is 1. The van der Waals surface area contributed by atoms with E-state index < -0.39 is 24.2 Å². The Morgan fingerprint density at radius 2 is 2.00 bits per heavy atom. The number of hydrogen-bond donors (Lipinski definition) is 2. The Balaban J connectivity index is 2.34. The molecule has 0 spiro atoms. The molecule has 96 valence electrons. The van der Waals surface area contributed by atoms with Crippen LogP contribution in [0.5, 0.6) is 5.75 Å². The number of nitrogens with zero attached hydrogens (tertiary/aromatic N) is 1. The van der Waals surface area contributed by atoms with E-state index >= 15 is 0 Å². The summed E-state index contributed by atoms with van der Waals surface area (Å²) in [5.41, 5.74) is 5.56. The zero-order valence-corrected chi connectivity index (χ0v) is 8.86. The summed E-state index contributed by atoms with van der Waals surface area (Å²) in [6, 6.07) is 3.81. The zero-order valence-electron chi connectivity index (χ0n) is 8.86. The van der Waals surface area contributed by atoms with Crippen LogP contribution >= 0.6 is 0 Å². The van der Waals surface area contributed by atoms with Crippen molar-refractivity contribution in [3.8, 4) is 5.75 Å². The first-order valence-corrected chi connectivity index (χ1v) is 4.86. The average molecular weight is 259 g/mol. The number of ether oxygens (including phenoxy) is 1. The quantitative estimate of drug-likeness (QED) is 0.848. The molecule has 8 heteroatoms. The number of nitrogens with two attached hydrogens (primary N) is 1. The molecule has 0 radical (unpaired) electrons. The molecule has 18 heavy (non-hydrogen) atoms. The average Bonchev–Trinajstić information content (AvgIpc) is 2.56. The van der Waals surface area contributed by atoms with Crippen molar-refractivity contribution in [3.05, 3.63) is 29.8 Å². The van der Waals surface area contributed by atoms with Gasteiger partial charge in [0.05, 0.1) is 0 Å². The molecule has 1 unspecified atom stereocenters. The Morgan fingerprint density at radius 1 is 1.33 bits per heavy atom. The summed E-state index contributed by atoms with van der Waals surface area (Å²) in [6.45, 7) is 0. The van der Waals surface area contributed by atoms with Gasteiger partial charge in [-0.15, -0.1) is 13.2 Å². The molecule has 1 aromatic rings. The highest BCUT2D eigenvalue weighted by molar-refractivity contribution is 6.03. The molecule has 0 aromatic heterocycles. The van der Waals surface area contributed by atoms with E-state index in [0.717, 1.165) is 6.07 Å². The molecule has 1 aromatic carbocycles. The lowest BCUT2D eigenvalue weighted by atomic mass is 10.1. The van der Waals surface area contributed by atoms with E-state index in [9.17, 15) is 18.0 Å². The van der Waals surface area contributed by atoms with Gasteiger partial charge >= 0.3 is 12.4 Å². The molecular weight excluding hydrogens is 251 g/mol. The summed E-state index contributed by atoms with van der Waals surface area (Å²) < 4.78 is 40.5. The second-order valence-corrected chi connectivity index (χ2v) is 3.50. The Bertz CT molecular complexity index is 513. The summed E-state index contributed by atoms with van der Waals surface area (Å²) in [4.78, 5) is 14.4. The maximum Gasteiger partial charge on any atom is 0.573 e. The Labute approximate surface area is 99.4 Å². The molecular formula is C10H8F3N3O2. The van der Waals surface area contributed by atoms with Crippen LogP contribution < -0.4 is 15.8 Å². The molecule has 0 saturated carbocycles. The standard InChI is InChI=1S/C10H8F3N3O2/c11-10(12,13)18-6-4-2-1-3-5(6)7-8(14)16-9(17)15-7/h1-4,7H,(H3,14,15,16,17). The van der Waals surface area contributed by atoms with Crippen LogP contribution in [-0.4, -0.2) is 18.2 Å². The maximum atomic E-state index is 12.2. The zero-order chi connectivity index (χ0) is 13.3. The van der Waals surface area contributed by atoms with Gasteiger partial charge in [-0.05, 0) is 6.07 Å². The predicted molar refractivity (Wildman–Crippen MR) is 56.0 cm³/mol. The summed E-state index contributed by atoms with van der Waals surface area (Å²) in [5, 5.41) is 2.33. The number of carbonyl (C=O) groups is 1. The number of nitrogens with one attached hydrogen (secondary N) is 1. The molecule has 1 atom stereocenters. The summed E-state index contributed by atoms with van der Waals surface area (Å²) in [7, 11) is 0. The van der Waals surface area contributed by atoms with Gasteiger partial charge in [-0.2, -0.15) is 4.99 Å². The van der Waals surface area contributed by atoms with Gasteiger partial charge in [0.2, 0.25) is 0 Å². The Kier molecular flexibility index (Phi) is 2.85. The van der Waals surface area contributed by atoms with Crippen molar-refractivity contribution in [2.75, 3.05) is 0 Å². The Morgan fingerprint density at radius 3 is 2.56 bits per heavy atom. The predicted octanol–water partition coefficient (Wildman–Crippen LogP) is 1.71. The Hall–Kier alpha value is -2.25. The van der Waals surface area contributed by atoms with E-state index in [0.29, 0.717) is 0 Å². The number of aliphatic imine (C=N–C) groups is 1. The normalized spacial score (nSPS) is 19.4. The van der Waals surface area contributed by atoms with Crippen LogP contribution in [0.25, 0.3) is 0 Å². The van der Waals surface area contributed by atoms with Crippen LogP contribution in [0.15, 0.2) is 29.3 Å². The molecule has 0 bridgehead atoms. The van der Waals surface area contributed by atoms with Crippen LogP contribution in [0.2, 0.25) is 0 Å². The molecule has 0 saturated heterocycles. The van der Waals surface area contributed by atoms with E-state index in [-0.39, 0.29) is 11.4 Å². The van der Waals surface area contributed by atoms with Gasteiger partial charge in [0.25, 0.3) is 0 Å². The van der Waals surface area contributed by atoms with Crippen molar-refractivity contribution in [3.63, 3.8) is 0 Å². The van der Waals surface area contributed by atoms with Crippen molar-refractivity contribution in [2.45, 2.75) is 12.4 Å². The molecule has 1 aliphatic heterocycles. The number of halogens is 3. The van der Waals surface area contributed by atoms with Crippen molar-refractivity contribution in [2.24, 2.45) is 10.7 Å². The van der Waals surface area contributed by atoms with E-state index in [1.165, 1.54) is 18.2 Å². The van der Waals surface area contributed by atoms with Crippen LogP contribution in [0.3, 0.4) is 0 Å². The first kappa shape index (κ1) is 12.2. The summed E-state index contributed by atoms with van der Waals surface area (Å²) in [5.74, 6) is -0.520. The van der Waals surface area contributed by atoms with Gasteiger partial charge in [-0.3, -0.25) is 0 Å². The highest BCUT2D eigenvalue weighted by atomic mass is 19.4. The van der Waals surface area contributed by atoms with Crippen molar-refractivity contribution < 1.29 is 22.7 Å². The molecule has 0 aliphatic carbocycles. The first-order chi connectivity index (χ1) is 8.37. The maximum absolute atomic E-state index is 12.2. The summed E-state index contributed by atoms with van der Waals surface area (Å²) >= 11 is 0. The topological polar surface area (TPSA) is 76.7 Å². The van der Waals surface area contributed by atoms with Crippen LogP contribution in [0.4, 0.5) is 18.0 Å². The van der Waals surface area contributed by atoms with Crippen molar-refractivity contribution in [1.29, 1.82) is 0 Å². The van der Waals surface area contributed by atoms with Gasteiger partial charge in [0.1, 0.15) is 17.6 Å². The molecule has 1 aliphatic rings. The number of hydrogen-bond acceptors (Lipinski definition) is 3. The molecule has 5 nitrogen and oxygen atoms in total. The third kappa shape index (κ3) is 2.53. The van der Waals surface area contributed by atoms with Crippen LogP contribution in [-0.2, 0) is 0 Å². The minimum Gasteiger partial charge on any atom is -0.405 e. The molecule has 3 N–H and O–H groups in total. The SMILES string of the molecule is NC1=NC(=O)NC1c1ccccc1OC(F)(F)F. The lowest BCUT2D eigenvalue weighted by Crippen LogP contribution is -2.29. The van der Waals surface area contributed by atoms with Crippen molar-refractivity contribution >= 4 is 11.9 Å². The number of benzene rings is 1. The smallest absolute Gasteiger partial charge is 0.405 e. The third-order valence-corrected chi connectivity index (χ3v) is 2.25. The second kappa shape index (κ2) is 4.21. The highest BCUT2D eigenvalue weighted by Gasteiger charge is 2.34. The van der Waals surface area contributed by atoms with E-state index in [2.05, 4.69) is 15.0 Å². The lowest BCUT2D eigenvalue weighted by Gasteiger charge is -2.17. The fourth-order valence-corrected chi connectivity index (χ4v) is 1.59. The fourth-order valence-electron chi connectivity index (χ4n) is 1.59. The van der Waals surface area contributed by atoms with Gasteiger partial charge in [0.15, 0.2) is 0 Å². The van der Waals surface area contributed by atoms with Gasteiger partial charge in [-0.1, -0.05) is 18.2 Å². The van der Waals surface area contributed by atoms with E-state index in [1.54, 1.807) is 0 Å². The molecule has 1 heterocycles. The largest absolute Gasteiger partial charge is 0.573 e. The van der Waals surface area contributed by atoms with E-state index in [1.807, 2.05) is 0 Å². The second-order valence-electron chi connectivity index (χ2n) is 3.50. The number of rotatable bonds is 2. The number of carbonyl (C=O) groups excluding carboxylic acids is 1. The highest BCUT2D eigenvalue weighted by Crippen LogP contribution is 2.31. The molecule has 2 rings (SSSR count). The summed E-state index contributed by atoms with van der Waals surface area (Å²) in [6.07, 6.45) is -4.81. The number of para-hydroxylation sites is 1. The van der Waals surface area contributed by atoms with Crippen LogP contribution in [0.1, 0.15) is 11.6 Å².